The van der Waals surface area contributed by atoms with Crippen molar-refractivity contribution < 1.29 is 19.7 Å². The van der Waals surface area contributed by atoms with E-state index >= 15 is 0 Å². The summed E-state index contributed by atoms with van der Waals surface area (Å²) < 4.78 is 9.87. The molecule has 0 aromatic heterocycles. The number of methoxy groups -OCH3 is 2. The van der Waals surface area contributed by atoms with Crippen molar-refractivity contribution in [2.45, 2.75) is 6.92 Å². The number of rotatable bonds is 3. The summed E-state index contributed by atoms with van der Waals surface area (Å²) >= 11 is 0. The summed E-state index contributed by atoms with van der Waals surface area (Å²) in [5.41, 5.74) is 0.762. The van der Waals surface area contributed by atoms with Crippen molar-refractivity contribution in [3.05, 3.63) is 17.7 Å². The minimum Gasteiger partial charge on any atom is -0.504 e. The van der Waals surface area contributed by atoms with E-state index in [1.54, 1.807) is 6.92 Å². The average Bonchev–Trinajstić information content (AvgIpc) is 2.23. The van der Waals surface area contributed by atoms with Crippen LogP contribution < -0.4 is 9.47 Å². The molecule has 0 amide bonds. The summed E-state index contributed by atoms with van der Waals surface area (Å²) in [6.45, 7) is 6.96. The molecule has 1 aromatic carbocycles. The van der Waals surface area contributed by atoms with Gasteiger partial charge >= 0.3 is 0 Å². The third-order valence-corrected chi connectivity index (χ3v) is 2.23. The molecule has 1 radical (unpaired) electrons. The molecule has 1 rings (SSSR count). The molecule has 2 N–H and O–H groups in total. The fourth-order valence-corrected chi connectivity index (χ4v) is 1.40. The van der Waals surface area contributed by atoms with E-state index in [9.17, 15) is 10.2 Å². The largest absolute Gasteiger partial charge is 0.504 e. The average molecular weight is 209 g/mol. The zero-order valence-corrected chi connectivity index (χ0v) is 8.87. The van der Waals surface area contributed by atoms with Gasteiger partial charge < -0.3 is 19.7 Å². The van der Waals surface area contributed by atoms with E-state index in [0.29, 0.717) is 11.1 Å². The van der Waals surface area contributed by atoms with Crippen LogP contribution in [0.1, 0.15) is 11.1 Å². The number of ether oxygens (including phenoxy) is 2. The Morgan fingerprint density at radius 2 is 1.53 bits per heavy atom. The van der Waals surface area contributed by atoms with Crippen molar-refractivity contribution in [3.63, 3.8) is 0 Å². The highest BCUT2D eigenvalue weighted by Crippen LogP contribution is 2.48. The summed E-state index contributed by atoms with van der Waals surface area (Å²) in [5.74, 6) is -0.0774. The van der Waals surface area contributed by atoms with Crippen LogP contribution >= 0.6 is 0 Å². The fourth-order valence-electron chi connectivity index (χ4n) is 1.40. The number of phenolic OH excluding ortho intramolecular Hbond substituents is 2. The molecule has 0 atom stereocenters. The second-order valence-electron chi connectivity index (χ2n) is 2.97. The van der Waals surface area contributed by atoms with Crippen LogP contribution in [0.4, 0.5) is 0 Å². The standard InChI is InChI=1S/C11H13O4/c1-5-7-6(2)8(12)10(14-3)11(15-4)9(7)13/h1,5,12-13H,2-4H3. The minimum absolute atomic E-state index is 0.0669. The molecule has 0 aliphatic carbocycles. The molecule has 0 unspecified atom stereocenters. The maximum absolute atomic E-state index is 9.78. The first-order chi connectivity index (χ1) is 7.08. The highest BCUT2D eigenvalue weighted by atomic mass is 16.5. The predicted octanol–water partition coefficient (Wildman–Crippen LogP) is 1.87. The normalized spacial score (nSPS) is 9.80. The molecule has 0 aliphatic rings. The first-order valence-corrected chi connectivity index (χ1v) is 4.29. The van der Waals surface area contributed by atoms with Gasteiger partial charge in [-0.3, -0.25) is 0 Å². The van der Waals surface area contributed by atoms with Crippen molar-refractivity contribution in [3.8, 4) is 23.0 Å². The van der Waals surface area contributed by atoms with E-state index in [-0.39, 0.29) is 23.0 Å². The molecule has 15 heavy (non-hydrogen) atoms. The van der Waals surface area contributed by atoms with Crippen molar-refractivity contribution in [2.24, 2.45) is 0 Å². The summed E-state index contributed by atoms with van der Waals surface area (Å²) in [6.07, 6.45) is 1.20. The number of hydrogen-bond acceptors (Lipinski definition) is 4. The summed E-state index contributed by atoms with van der Waals surface area (Å²) in [5, 5.41) is 19.5. The van der Waals surface area contributed by atoms with Gasteiger partial charge in [-0.25, -0.2) is 0 Å². The minimum atomic E-state index is -0.146. The second-order valence-corrected chi connectivity index (χ2v) is 2.97. The quantitative estimate of drug-likeness (QED) is 0.746. The van der Waals surface area contributed by atoms with Gasteiger partial charge in [0.2, 0.25) is 11.5 Å². The van der Waals surface area contributed by atoms with Crippen LogP contribution in [0.2, 0.25) is 0 Å². The molecule has 81 valence electrons. The number of benzene rings is 1. The van der Waals surface area contributed by atoms with Gasteiger partial charge in [0.1, 0.15) is 0 Å². The van der Waals surface area contributed by atoms with Crippen LogP contribution in [0.25, 0.3) is 6.08 Å². The highest BCUT2D eigenvalue weighted by Gasteiger charge is 2.21. The Balaban J connectivity index is 3.64. The van der Waals surface area contributed by atoms with Crippen LogP contribution in [-0.2, 0) is 0 Å². The SMILES string of the molecule is [CH]=Cc1c(C)c(O)c(OC)c(OC)c1O. The number of aromatic hydroxyl groups is 2. The number of phenols is 2. The molecule has 0 saturated carbocycles. The van der Waals surface area contributed by atoms with Crippen molar-refractivity contribution in [1.82, 2.24) is 0 Å². The topological polar surface area (TPSA) is 58.9 Å². The van der Waals surface area contributed by atoms with Gasteiger partial charge in [-0.1, -0.05) is 12.7 Å². The molecular formula is C11H13O4. The van der Waals surface area contributed by atoms with Gasteiger partial charge in [-0.15, -0.1) is 0 Å². The molecular weight excluding hydrogens is 196 g/mol. The lowest BCUT2D eigenvalue weighted by Gasteiger charge is -2.15. The van der Waals surface area contributed by atoms with Gasteiger partial charge in [-0.05, 0) is 6.92 Å². The lowest BCUT2D eigenvalue weighted by atomic mass is 10.0. The molecule has 0 heterocycles. The van der Waals surface area contributed by atoms with E-state index in [2.05, 4.69) is 0 Å². The first kappa shape index (κ1) is 11.2. The summed E-state index contributed by atoms with van der Waals surface area (Å²) in [7, 11) is 2.74. The van der Waals surface area contributed by atoms with E-state index in [0.717, 1.165) is 0 Å². The lowest BCUT2D eigenvalue weighted by Crippen LogP contribution is -1.95. The van der Waals surface area contributed by atoms with Gasteiger partial charge in [0.25, 0.3) is 0 Å². The molecule has 4 heteroatoms. The molecule has 0 fully saturated rings. The lowest BCUT2D eigenvalue weighted by molar-refractivity contribution is 0.315. The highest BCUT2D eigenvalue weighted by molar-refractivity contribution is 5.73. The molecule has 0 bridgehead atoms. The van der Waals surface area contributed by atoms with E-state index in [4.69, 9.17) is 16.1 Å². The number of hydrogen-bond donors (Lipinski definition) is 2. The maximum atomic E-state index is 9.78. The fraction of sp³-hybridized carbons (Fsp3) is 0.273. The van der Waals surface area contributed by atoms with Gasteiger partial charge in [-0.2, -0.15) is 0 Å². The van der Waals surface area contributed by atoms with Crippen molar-refractivity contribution in [2.75, 3.05) is 14.2 Å². The predicted molar refractivity (Wildman–Crippen MR) is 56.4 cm³/mol. The van der Waals surface area contributed by atoms with Crippen LogP contribution in [0, 0.1) is 13.5 Å². The smallest absolute Gasteiger partial charge is 0.207 e. The van der Waals surface area contributed by atoms with Crippen LogP contribution in [-0.4, -0.2) is 24.4 Å². The van der Waals surface area contributed by atoms with Crippen LogP contribution in [0.5, 0.6) is 23.0 Å². The Labute approximate surface area is 88.4 Å². The van der Waals surface area contributed by atoms with E-state index in [1.807, 2.05) is 0 Å². The first-order valence-electron chi connectivity index (χ1n) is 4.29. The Bertz CT molecular complexity index is 396. The second kappa shape index (κ2) is 4.13. The van der Waals surface area contributed by atoms with Gasteiger partial charge in [0.15, 0.2) is 11.5 Å². The van der Waals surface area contributed by atoms with Gasteiger partial charge in [0.05, 0.1) is 14.2 Å². The molecule has 0 spiro atoms. The maximum Gasteiger partial charge on any atom is 0.207 e. The monoisotopic (exact) mass is 209 g/mol. The zero-order valence-electron chi connectivity index (χ0n) is 8.87. The summed E-state index contributed by atoms with van der Waals surface area (Å²) in [6, 6.07) is 0. The molecule has 4 nitrogen and oxygen atoms in total. The molecule has 0 aliphatic heterocycles. The zero-order chi connectivity index (χ0) is 11.6. The molecule has 1 aromatic rings. The summed E-state index contributed by atoms with van der Waals surface area (Å²) in [4.78, 5) is 0. The Morgan fingerprint density at radius 1 is 1.07 bits per heavy atom. The third kappa shape index (κ3) is 1.58. The van der Waals surface area contributed by atoms with Crippen molar-refractivity contribution >= 4 is 6.08 Å². The van der Waals surface area contributed by atoms with Crippen LogP contribution in [0.3, 0.4) is 0 Å². The third-order valence-electron chi connectivity index (χ3n) is 2.23. The van der Waals surface area contributed by atoms with E-state index < -0.39 is 0 Å². The van der Waals surface area contributed by atoms with Crippen LogP contribution in [0.15, 0.2) is 0 Å². The molecule has 0 saturated heterocycles. The Hall–Kier alpha value is -1.84. The van der Waals surface area contributed by atoms with Crippen molar-refractivity contribution in [1.29, 1.82) is 0 Å². The van der Waals surface area contributed by atoms with E-state index in [1.165, 1.54) is 20.3 Å². The Morgan fingerprint density at radius 3 is 1.93 bits per heavy atom. The van der Waals surface area contributed by atoms with Gasteiger partial charge in [0, 0.05) is 11.1 Å². The Kier molecular flexibility index (Phi) is 3.09.